The Kier molecular flexibility index (Phi) is 9.86. The van der Waals surface area contributed by atoms with Crippen LogP contribution in [-0.2, 0) is 25.5 Å². The summed E-state index contributed by atoms with van der Waals surface area (Å²) in [6.45, 7) is 15.2. The Bertz CT molecular complexity index is 1030. The van der Waals surface area contributed by atoms with Gasteiger partial charge in [0.15, 0.2) is 0 Å². The van der Waals surface area contributed by atoms with E-state index >= 15 is 0 Å². The van der Waals surface area contributed by atoms with Gasteiger partial charge in [-0.1, -0.05) is 45.9 Å². The maximum absolute atomic E-state index is 13.5. The molecule has 2 aliphatic rings. The van der Waals surface area contributed by atoms with Crippen molar-refractivity contribution < 1.29 is 29.3 Å². The number of carbonyl (C=O) groups is 3. The van der Waals surface area contributed by atoms with Gasteiger partial charge in [-0.2, -0.15) is 0 Å². The van der Waals surface area contributed by atoms with E-state index < -0.39 is 30.1 Å². The molecule has 8 heteroatoms. The lowest BCUT2D eigenvalue weighted by Gasteiger charge is -2.40. The van der Waals surface area contributed by atoms with Crippen molar-refractivity contribution in [3.05, 3.63) is 42.5 Å². The molecule has 1 aliphatic heterocycles. The highest BCUT2D eigenvalue weighted by Crippen LogP contribution is 2.57. The highest BCUT2D eigenvalue weighted by molar-refractivity contribution is 5.92. The summed E-state index contributed by atoms with van der Waals surface area (Å²) in [6.07, 6.45) is 4.33. The first kappa shape index (κ1) is 30.7. The molecule has 1 aromatic rings. The monoisotopic (exact) mass is 542 g/mol. The number of ether oxygens (including phenoxy) is 1. The van der Waals surface area contributed by atoms with Crippen LogP contribution in [0.25, 0.3) is 0 Å². The number of aliphatic hydroxyl groups excluding tert-OH is 1. The maximum Gasteiger partial charge on any atom is 0.329 e. The number of rotatable bonds is 11. The molecule has 1 saturated heterocycles. The molecule has 0 spiro atoms. The second-order valence-corrected chi connectivity index (χ2v) is 12.5. The summed E-state index contributed by atoms with van der Waals surface area (Å²) < 4.78 is 5.87. The fourth-order valence-corrected chi connectivity index (χ4v) is 5.99. The normalized spacial score (nSPS) is 24.0. The number of aromatic hydroxyl groups is 1. The third-order valence-electron chi connectivity index (χ3n) is 9.31. The van der Waals surface area contributed by atoms with E-state index in [9.17, 15) is 24.6 Å². The molecule has 5 atom stereocenters. The zero-order valence-electron chi connectivity index (χ0n) is 24.1. The number of phenolic OH excluding ortho intramolecular Hbond substituents is 1. The van der Waals surface area contributed by atoms with Gasteiger partial charge in [-0.15, -0.1) is 6.58 Å². The quantitative estimate of drug-likeness (QED) is 0.286. The van der Waals surface area contributed by atoms with Crippen LogP contribution in [0.2, 0.25) is 0 Å². The minimum absolute atomic E-state index is 0.0344. The number of amides is 2. The third-order valence-corrected chi connectivity index (χ3v) is 9.31. The van der Waals surface area contributed by atoms with Gasteiger partial charge in [0, 0.05) is 13.0 Å². The van der Waals surface area contributed by atoms with Crippen LogP contribution in [0.1, 0.15) is 78.7 Å². The van der Waals surface area contributed by atoms with Gasteiger partial charge in [0.2, 0.25) is 11.8 Å². The maximum atomic E-state index is 13.5. The molecule has 1 heterocycles. The van der Waals surface area contributed by atoms with Crippen molar-refractivity contribution in [3.8, 4) is 5.75 Å². The van der Waals surface area contributed by atoms with Crippen LogP contribution in [0.4, 0.5) is 0 Å². The molecule has 2 amide bonds. The number of hydrogen-bond acceptors (Lipinski definition) is 6. The number of nitrogens with one attached hydrogen (secondary N) is 1. The molecular formula is C31H46N2O6. The number of aliphatic hydroxyl groups is 1. The van der Waals surface area contributed by atoms with Crippen molar-refractivity contribution in [1.29, 1.82) is 0 Å². The summed E-state index contributed by atoms with van der Waals surface area (Å²) in [5, 5.41) is 22.5. The van der Waals surface area contributed by atoms with E-state index in [4.69, 9.17) is 4.74 Å². The summed E-state index contributed by atoms with van der Waals surface area (Å²) in [4.78, 5) is 40.9. The number of carbonyl (C=O) groups excluding carboxylic acids is 3. The Morgan fingerprint density at radius 1 is 1.18 bits per heavy atom. The van der Waals surface area contributed by atoms with E-state index in [1.165, 1.54) is 23.1 Å². The van der Waals surface area contributed by atoms with E-state index in [2.05, 4.69) is 39.6 Å². The number of benzene rings is 1. The van der Waals surface area contributed by atoms with E-state index in [0.717, 1.165) is 19.3 Å². The Labute approximate surface area is 232 Å². The second-order valence-electron chi connectivity index (χ2n) is 12.5. The van der Waals surface area contributed by atoms with Crippen LogP contribution in [-0.4, -0.2) is 63.7 Å². The van der Waals surface area contributed by atoms with E-state index in [1.807, 2.05) is 6.92 Å². The smallest absolute Gasteiger partial charge is 0.329 e. The van der Waals surface area contributed by atoms with E-state index in [0.29, 0.717) is 30.9 Å². The first-order valence-corrected chi connectivity index (χ1v) is 14.1. The van der Waals surface area contributed by atoms with Gasteiger partial charge in [0.25, 0.3) is 0 Å². The zero-order valence-corrected chi connectivity index (χ0v) is 24.1. The fraction of sp³-hybridized carbons (Fsp3) is 0.645. The topological polar surface area (TPSA) is 116 Å². The highest BCUT2D eigenvalue weighted by atomic mass is 16.5. The standard InChI is InChI=1S/C31H46N2O6/c1-7-9-24(32-27(36)26(35)19-21-11-13-23(34)14-12-21)28(37)33-17-8-10-25(33)29(38)39-20(2)18-22-15-16-30(3,4)31(22,5)6/h7,11-14,20,22,24-26,34-35H,1,8-10,15-19H2,2-6H3,(H,32,36). The molecule has 0 radical (unpaired) electrons. The van der Waals surface area contributed by atoms with Crippen LogP contribution in [0.5, 0.6) is 5.75 Å². The predicted octanol–water partition coefficient (Wildman–Crippen LogP) is 4.13. The van der Waals surface area contributed by atoms with Crippen molar-refractivity contribution >= 4 is 17.8 Å². The summed E-state index contributed by atoms with van der Waals surface area (Å²) >= 11 is 0. The van der Waals surface area contributed by atoms with Crippen molar-refractivity contribution in [2.45, 2.75) is 104 Å². The Balaban J connectivity index is 1.59. The Morgan fingerprint density at radius 2 is 1.85 bits per heavy atom. The van der Waals surface area contributed by atoms with Crippen molar-refractivity contribution in [2.24, 2.45) is 16.7 Å². The van der Waals surface area contributed by atoms with Gasteiger partial charge >= 0.3 is 5.97 Å². The predicted molar refractivity (Wildman–Crippen MR) is 150 cm³/mol. The number of nitrogens with zero attached hydrogens (tertiary/aromatic N) is 1. The average molecular weight is 543 g/mol. The van der Waals surface area contributed by atoms with Crippen LogP contribution in [0.15, 0.2) is 36.9 Å². The molecule has 8 nitrogen and oxygen atoms in total. The van der Waals surface area contributed by atoms with Gasteiger partial charge in [-0.25, -0.2) is 4.79 Å². The molecule has 2 fully saturated rings. The molecular weight excluding hydrogens is 496 g/mol. The molecule has 0 bridgehead atoms. The van der Waals surface area contributed by atoms with Crippen LogP contribution >= 0.6 is 0 Å². The van der Waals surface area contributed by atoms with Gasteiger partial charge in [0.05, 0.1) is 6.10 Å². The molecule has 1 saturated carbocycles. The molecule has 1 aromatic carbocycles. The van der Waals surface area contributed by atoms with Gasteiger partial charge in [-0.05, 0) is 79.9 Å². The van der Waals surface area contributed by atoms with Crippen LogP contribution < -0.4 is 5.32 Å². The highest BCUT2D eigenvalue weighted by Gasteiger charge is 2.49. The minimum Gasteiger partial charge on any atom is -0.508 e. The summed E-state index contributed by atoms with van der Waals surface area (Å²) in [7, 11) is 0. The minimum atomic E-state index is -1.38. The van der Waals surface area contributed by atoms with Gasteiger partial charge in [0.1, 0.15) is 23.9 Å². The summed E-state index contributed by atoms with van der Waals surface area (Å²) in [5.74, 6) is -0.923. The fourth-order valence-electron chi connectivity index (χ4n) is 5.99. The molecule has 0 aromatic heterocycles. The average Bonchev–Trinajstić information content (AvgIpc) is 3.43. The van der Waals surface area contributed by atoms with Gasteiger partial charge < -0.3 is 25.2 Å². The zero-order chi connectivity index (χ0) is 29.0. The second kappa shape index (κ2) is 12.5. The summed E-state index contributed by atoms with van der Waals surface area (Å²) in [5.41, 5.74) is 1.05. The molecule has 1 aliphatic carbocycles. The van der Waals surface area contributed by atoms with Crippen molar-refractivity contribution in [3.63, 3.8) is 0 Å². The Hall–Kier alpha value is -2.87. The molecule has 216 valence electrons. The van der Waals surface area contributed by atoms with E-state index in [-0.39, 0.29) is 41.4 Å². The van der Waals surface area contributed by atoms with Crippen LogP contribution in [0.3, 0.4) is 0 Å². The SMILES string of the molecule is C=CCC(NC(=O)C(O)Cc1ccc(O)cc1)C(=O)N1CCCC1C(=O)OC(C)CC1CCC(C)(C)C1(C)C. The Morgan fingerprint density at radius 3 is 2.44 bits per heavy atom. The summed E-state index contributed by atoms with van der Waals surface area (Å²) in [6, 6.07) is 4.55. The number of phenols is 1. The molecule has 5 unspecified atom stereocenters. The molecule has 3 rings (SSSR count). The number of esters is 1. The van der Waals surface area contributed by atoms with Crippen molar-refractivity contribution in [1.82, 2.24) is 10.2 Å². The van der Waals surface area contributed by atoms with Crippen LogP contribution in [0, 0.1) is 16.7 Å². The lowest BCUT2D eigenvalue weighted by Crippen LogP contribution is -2.53. The van der Waals surface area contributed by atoms with Gasteiger partial charge in [-0.3, -0.25) is 9.59 Å². The van der Waals surface area contributed by atoms with Crippen molar-refractivity contribution in [2.75, 3.05) is 6.54 Å². The van der Waals surface area contributed by atoms with E-state index in [1.54, 1.807) is 12.1 Å². The lowest BCUT2D eigenvalue weighted by molar-refractivity contribution is -0.159. The lowest BCUT2D eigenvalue weighted by atomic mass is 9.66. The molecule has 3 N–H and O–H groups in total. The largest absolute Gasteiger partial charge is 0.508 e. The molecule has 39 heavy (non-hydrogen) atoms. The first-order chi connectivity index (χ1) is 18.3. The number of hydrogen-bond donors (Lipinski definition) is 3. The number of likely N-dealkylation sites (tertiary alicyclic amines) is 1. The first-order valence-electron chi connectivity index (χ1n) is 14.1. The third kappa shape index (κ3) is 7.21.